The van der Waals surface area contributed by atoms with Crippen LogP contribution in [-0.4, -0.2) is 33.5 Å². The van der Waals surface area contributed by atoms with E-state index in [2.05, 4.69) is 0 Å². The molecule has 0 heterocycles. The van der Waals surface area contributed by atoms with Gasteiger partial charge in [0.1, 0.15) is 5.75 Å². The first kappa shape index (κ1) is 14.0. The fraction of sp³-hybridized carbons (Fsp3) is 0.538. The van der Waals surface area contributed by atoms with Crippen molar-refractivity contribution >= 4 is 0 Å². The molecule has 1 aromatic carbocycles. The number of benzene rings is 1. The van der Waals surface area contributed by atoms with Crippen LogP contribution in [-0.2, 0) is 16.0 Å². The van der Waals surface area contributed by atoms with Crippen LogP contribution >= 0.6 is 0 Å². The van der Waals surface area contributed by atoms with Gasteiger partial charge in [-0.05, 0) is 17.7 Å². The van der Waals surface area contributed by atoms with Gasteiger partial charge >= 0.3 is 0 Å². The molecule has 4 nitrogen and oxygen atoms in total. The lowest BCUT2D eigenvalue weighted by Crippen LogP contribution is -2.06. The second-order valence-corrected chi connectivity index (χ2v) is 3.66. The summed E-state index contributed by atoms with van der Waals surface area (Å²) < 4.78 is 15.8. The van der Waals surface area contributed by atoms with Gasteiger partial charge in [-0.15, -0.1) is 0 Å². The van der Waals surface area contributed by atoms with Gasteiger partial charge in [0.05, 0.1) is 19.8 Å². The maximum Gasteiger partial charge on any atom is 0.119 e. The lowest BCUT2D eigenvalue weighted by molar-refractivity contribution is 0.0644. The fourth-order valence-corrected chi connectivity index (χ4v) is 1.32. The molecule has 96 valence electrons. The van der Waals surface area contributed by atoms with Crippen molar-refractivity contribution in [1.29, 1.82) is 0 Å². The SMILES string of the molecule is COCCOCCCOc1ccc(CN)cc1. The Morgan fingerprint density at radius 2 is 1.76 bits per heavy atom. The zero-order valence-electron chi connectivity index (χ0n) is 10.4. The third kappa shape index (κ3) is 6.26. The summed E-state index contributed by atoms with van der Waals surface area (Å²) >= 11 is 0. The zero-order chi connectivity index (χ0) is 12.3. The highest BCUT2D eigenvalue weighted by molar-refractivity contribution is 5.26. The van der Waals surface area contributed by atoms with E-state index in [0.29, 0.717) is 33.0 Å². The van der Waals surface area contributed by atoms with Crippen molar-refractivity contribution in [2.45, 2.75) is 13.0 Å². The standard InChI is InChI=1S/C13H21NO3/c1-15-9-10-16-7-2-8-17-13-5-3-12(11-14)4-6-13/h3-6H,2,7-11,14H2,1H3. The Bertz CT molecular complexity index is 287. The Kier molecular flexibility index (Phi) is 7.38. The summed E-state index contributed by atoms with van der Waals surface area (Å²) in [7, 11) is 1.66. The minimum absolute atomic E-state index is 0.563. The molecule has 0 fully saturated rings. The molecule has 2 N–H and O–H groups in total. The molecule has 0 saturated heterocycles. The van der Waals surface area contributed by atoms with E-state index in [4.69, 9.17) is 19.9 Å². The normalized spacial score (nSPS) is 10.5. The van der Waals surface area contributed by atoms with Crippen LogP contribution in [0.3, 0.4) is 0 Å². The predicted octanol–water partition coefficient (Wildman–Crippen LogP) is 1.58. The number of methoxy groups -OCH3 is 1. The topological polar surface area (TPSA) is 53.7 Å². The van der Waals surface area contributed by atoms with E-state index in [-0.39, 0.29) is 0 Å². The number of rotatable bonds is 9. The molecular weight excluding hydrogens is 218 g/mol. The Labute approximate surface area is 103 Å². The summed E-state index contributed by atoms with van der Waals surface area (Å²) in [5.41, 5.74) is 6.62. The molecule has 4 heteroatoms. The predicted molar refractivity (Wildman–Crippen MR) is 67.1 cm³/mol. The van der Waals surface area contributed by atoms with Crippen LogP contribution in [0, 0.1) is 0 Å². The molecule has 0 atom stereocenters. The Balaban J connectivity index is 2.05. The Hall–Kier alpha value is -1.10. The van der Waals surface area contributed by atoms with Gasteiger partial charge in [0.2, 0.25) is 0 Å². The monoisotopic (exact) mass is 239 g/mol. The van der Waals surface area contributed by atoms with E-state index in [1.165, 1.54) is 0 Å². The second-order valence-electron chi connectivity index (χ2n) is 3.66. The lowest BCUT2D eigenvalue weighted by Gasteiger charge is -2.07. The third-order valence-electron chi connectivity index (χ3n) is 2.29. The van der Waals surface area contributed by atoms with Crippen molar-refractivity contribution in [2.24, 2.45) is 5.73 Å². The van der Waals surface area contributed by atoms with Gasteiger partial charge in [0.25, 0.3) is 0 Å². The zero-order valence-corrected chi connectivity index (χ0v) is 10.4. The summed E-state index contributed by atoms with van der Waals surface area (Å²) in [5.74, 6) is 0.874. The van der Waals surface area contributed by atoms with E-state index in [9.17, 15) is 0 Å². The minimum Gasteiger partial charge on any atom is -0.494 e. The minimum atomic E-state index is 0.563. The van der Waals surface area contributed by atoms with Gasteiger partial charge in [0, 0.05) is 26.7 Å². The average molecular weight is 239 g/mol. The van der Waals surface area contributed by atoms with E-state index in [0.717, 1.165) is 17.7 Å². The Morgan fingerprint density at radius 1 is 1.00 bits per heavy atom. The number of nitrogens with two attached hydrogens (primary N) is 1. The molecule has 0 saturated carbocycles. The quantitative estimate of drug-likeness (QED) is 0.665. The highest BCUT2D eigenvalue weighted by Crippen LogP contribution is 2.11. The van der Waals surface area contributed by atoms with Crippen LogP contribution in [0.1, 0.15) is 12.0 Å². The molecule has 0 aromatic heterocycles. The number of hydrogen-bond donors (Lipinski definition) is 1. The average Bonchev–Trinajstić information content (AvgIpc) is 2.38. The van der Waals surface area contributed by atoms with Crippen LogP contribution < -0.4 is 10.5 Å². The van der Waals surface area contributed by atoms with Crippen LogP contribution in [0.15, 0.2) is 24.3 Å². The molecule has 0 aliphatic heterocycles. The van der Waals surface area contributed by atoms with Crippen molar-refractivity contribution < 1.29 is 14.2 Å². The van der Waals surface area contributed by atoms with Gasteiger partial charge in [-0.3, -0.25) is 0 Å². The van der Waals surface area contributed by atoms with Crippen LogP contribution in [0.25, 0.3) is 0 Å². The maximum atomic E-state index is 5.56. The van der Waals surface area contributed by atoms with E-state index in [1.54, 1.807) is 7.11 Å². The van der Waals surface area contributed by atoms with Crippen molar-refractivity contribution in [3.63, 3.8) is 0 Å². The first-order valence-electron chi connectivity index (χ1n) is 5.85. The molecule has 0 radical (unpaired) electrons. The van der Waals surface area contributed by atoms with Gasteiger partial charge in [-0.25, -0.2) is 0 Å². The number of ether oxygens (including phenoxy) is 3. The molecule has 1 rings (SSSR count). The molecule has 17 heavy (non-hydrogen) atoms. The molecule has 0 spiro atoms. The van der Waals surface area contributed by atoms with Crippen molar-refractivity contribution in [3.05, 3.63) is 29.8 Å². The summed E-state index contributed by atoms with van der Waals surface area (Å²) in [6.45, 7) is 3.20. The van der Waals surface area contributed by atoms with E-state index in [1.807, 2.05) is 24.3 Å². The van der Waals surface area contributed by atoms with E-state index >= 15 is 0 Å². The molecule has 0 unspecified atom stereocenters. The first-order chi connectivity index (χ1) is 8.36. The van der Waals surface area contributed by atoms with Crippen LogP contribution in [0.2, 0.25) is 0 Å². The van der Waals surface area contributed by atoms with Crippen LogP contribution in [0.5, 0.6) is 5.75 Å². The maximum absolute atomic E-state index is 5.56. The molecule has 0 aliphatic carbocycles. The molecule has 0 amide bonds. The molecule has 0 bridgehead atoms. The Morgan fingerprint density at radius 3 is 2.41 bits per heavy atom. The van der Waals surface area contributed by atoms with Crippen molar-refractivity contribution in [2.75, 3.05) is 33.5 Å². The fourth-order valence-electron chi connectivity index (χ4n) is 1.32. The lowest BCUT2D eigenvalue weighted by atomic mass is 10.2. The first-order valence-corrected chi connectivity index (χ1v) is 5.85. The van der Waals surface area contributed by atoms with Gasteiger partial charge in [-0.1, -0.05) is 12.1 Å². The molecule has 0 aliphatic rings. The third-order valence-corrected chi connectivity index (χ3v) is 2.29. The van der Waals surface area contributed by atoms with E-state index < -0.39 is 0 Å². The van der Waals surface area contributed by atoms with Gasteiger partial charge < -0.3 is 19.9 Å². The van der Waals surface area contributed by atoms with Crippen molar-refractivity contribution in [3.8, 4) is 5.75 Å². The molecule has 1 aromatic rings. The molecular formula is C13H21NO3. The summed E-state index contributed by atoms with van der Waals surface area (Å²) in [6, 6.07) is 7.83. The van der Waals surface area contributed by atoms with Crippen molar-refractivity contribution in [1.82, 2.24) is 0 Å². The highest BCUT2D eigenvalue weighted by atomic mass is 16.5. The summed E-state index contributed by atoms with van der Waals surface area (Å²) in [4.78, 5) is 0. The largest absolute Gasteiger partial charge is 0.494 e. The summed E-state index contributed by atoms with van der Waals surface area (Å²) in [5, 5.41) is 0. The number of hydrogen-bond acceptors (Lipinski definition) is 4. The smallest absolute Gasteiger partial charge is 0.119 e. The van der Waals surface area contributed by atoms with Crippen LogP contribution in [0.4, 0.5) is 0 Å². The second kappa shape index (κ2) is 8.98. The highest BCUT2D eigenvalue weighted by Gasteiger charge is 1.94. The van der Waals surface area contributed by atoms with Gasteiger partial charge in [-0.2, -0.15) is 0 Å². The van der Waals surface area contributed by atoms with Gasteiger partial charge in [0.15, 0.2) is 0 Å². The summed E-state index contributed by atoms with van der Waals surface area (Å²) in [6.07, 6.45) is 0.877.